The zero-order valence-electron chi connectivity index (χ0n) is 8.85. The van der Waals surface area contributed by atoms with E-state index in [4.69, 9.17) is 11.1 Å². The lowest BCUT2D eigenvalue weighted by molar-refractivity contribution is 0.163. The lowest BCUT2D eigenvalue weighted by atomic mass is 9.89. The molecule has 0 saturated carbocycles. The Morgan fingerprint density at radius 1 is 1.31 bits per heavy atom. The van der Waals surface area contributed by atoms with Crippen molar-refractivity contribution in [3.8, 4) is 0 Å². The number of rotatable bonds is 2. The maximum absolute atomic E-state index is 9.93. The predicted molar refractivity (Wildman–Crippen MR) is 65.0 cm³/mol. The molecule has 2 rings (SSSR count). The normalized spacial score (nSPS) is 23.9. The van der Waals surface area contributed by atoms with Gasteiger partial charge in [-0.2, -0.15) is 0 Å². The van der Waals surface area contributed by atoms with Gasteiger partial charge >= 0.3 is 0 Å². The van der Waals surface area contributed by atoms with Crippen LogP contribution >= 0.6 is 0 Å². The van der Waals surface area contributed by atoms with Crippen molar-refractivity contribution < 1.29 is 5.11 Å². The van der Waals surface area contributed by atoms with E-state index in [0.29, 0.717) is 6.42 Å². The summed E-state index contributed by atoms with van der Waals surface area (Å²) < 4.78 is 0. The third kappa shape index (κ3) is 1.90. The summed E-state index contributed by atoms with van der Waals surface area (Å²) >= 11 is 0. The van der Waals surface area contributed by atoms with Crippen molar-refractivity contribution in [2.75, 3.05) is 0 Å². The van der Waals surface area contributed by atoms with Crippen molar-refractivity contribution >= 4 is 11.4 Å². The number of amidine groups is 1. The maximum atomic E-state index is 9.93. The molecule has 0 radical (unpaired) electrons. The molecule has 1 atom stereocenters. The molecule has 1 unspecified atom stereocenters. The van der Waals surface area contributed by atoms with Crippen molar-refractivity contribution in [1.82, 2.24) is 0 Å². The van der Waals surface area contributed by atoms with E-state index in [-0.39, 0.29) is 5.84 Å². The van der Waals surface area contributed by atoms with E-state index in [1.54, 1.807) is 12.2 Å². The summed E-state index contributed by atoms with van der Waals surface area (Å²) in [6, 6.07) is 9.91. The summed E-state index contributed by atoms with van der Waals surface area (Å²) in [6.45, 7) is 0. The quantitative estimate of drug-likeness (QED) is 0.518. The minimum atomic E-state index is -1.31. The molecule has 1 aromatic carbocycles. The molecule has 0 aromatic heterocycles. The Morgan fingerprint density at radius 3 is 2.50 bits per heavy atom. The van der Waals surface area contributed by atoms with Gasteiger partial charge < -0.3 is 10.8 Å². The first-order valence-corrected chi connectivity index (χ1v) is 5.13. The van der Waals surface area contributed by atoms with Crippen LogP contribution in [0.5, 0.6) is 0 Å². The monoisotopic (exact) mass is 214 g/mol. The van der Waals surface area contributed by atoms with Crippen LogP contribution in [-0.2, 0) is 0 Å². The topological polar surface area (TPSA) is 70.1 Å². The molecule has 3 nitrogen and oxygen atoms in total. The van der Waals surface area contributed by atoms with Gasteiger partial charge in [0.15, 0.2) is 0 Å². The Balaban J connectivity index is 2.23. The fourth-order valence-electron chi connectivity index (χ4n) is 1.67. The molecule has 0 amide bonds. The van der Waals surface area contributed by atoms with Crippen LogP contribution < -0.4 is 5.73 Å². The highest BCUT2D eigenvalue weighted by Crippen LogP contribution is 2.26. The number of aliphatic hydroxyl groups is 1. The van der Waals surface area contributed by atoms with E-state index in [1.807, 2.05) is 36.4 Å². The Hall–Kier alpha value is -1.87. The van der Waals surface area contributed by atoms with Gasteiger partial charge in [0.05, 0.1) is 0 Å². The highest BCUT2D eigenvalue weighted by molar-refractivity contribution is 5.90. The number of nitrogens with one attached hydrogen (secondary N) is 1. The molecule has 0 saturated heterocycles. The number of benzene rings is 1. The van der Waals surface area contributed by atoms with Crippen molar-refractivity contribution in [3.05, 3.63) is 54.1 Å². The largest absolute Gasteiger partial charge is 0.385 e. The van der Waals surface area contributed by atoms with Gasteiger partial charge in [0.25, 0.3) is 0 Å². The Morgan fingerprint density at radius 2 is 2.00 bits per heavy atom. The minimum absolute atomic E-state index is 0.216. The molecule has 0 heterocycles. The zero-order chi connectivity index (χ0) is 11.6. The van der Waals surface area contributed by atoms with E-state index in [9.17, 15) is 5.11 Å². The van der Waals surface area contributed by atoms with E-state index < -0.39 is 5.60 Å². The standard InChI is InChI=1S/C13H14N2O/c14-12(15)13(16)8-6-11(7-9-13)10-4-2-1-3-5-10/h1-8,16H,9H2,(H3,14,15). The molecule has 0 fully saturated rings. The Bertz CT molecular complexity index is 462. The first kappa shape index (κ1) is 10.6. The molecule has 1 aliphatic carbocycles. The molecule has 4 N–H and O–H groups in total. The predicted octanol–water partition coefficient (Wildman–Crippen LogP) is 1.70. The summed E-state index contributed by atoms with van der Waals surface area (Å²) in [4.78, 5) is 0. The first-order chi connectivity index (χ1) is 7.62. The van der Waals surface area contributed by atoms with Gasteiger partial charge in [-0.3, -0.25) is 5.41 Å². The molecule has 0 spiro atoms. The lowest BCUT2D eigenvalue weighted by Gasteiger charge is -2.25. The van der Waals surface area contributed by atoms with Crippen LogP contribution in [0.4, 0.5) is 0 Å². The molecule has 1 aliphatic rings. The number of allylic oxidation sites excluding steroid dienone is 2. The van der Waals surface area contributed by atoms with Crippen molar-refractivity contribution in [1.29, 1.82) is 5.41 Å². The lowest BCUT2D eigenvalue weighted by Crippen LogP contribution is -2.41. The second-order valence-corrected chi connectivity index (χ2v) is 3.90. The van der Waals surface area contributed by atoms with Gasteiger partial charge in [-0.05, 0) is 17.2 Å². The van der Waals surface area contributed by atoms with Crippen LogP contribution in [0.3, 0.4) is 0 Å². The van der Waals surface area contributed by atoms with Crippen molar-refractivity contribution in [2.45, 2.75) is 12.0 Å². The van der Waals surface area contributed by atoms with Gasteiger partial charge in [0.2, 0.25) is 0 Å². The zero-order valence-corrected chi connectivity index (χ0v) is 8.85. The van der Waals surface area contributed by atoms with Gasteiger partial charge in [-0.25, -0.2) is 0 Å². The third-order valence-electron chi connectivity index (χ3n) is 2.75. The molecule has 3 heteroatoms. The van der Waals surface area contributed by atoms with E-state index >= 15 is 0 Å². The van der Waals surface area contributed by atoms with Crippen LogP contribution in [-0.4, -0.2) is 16.5 Å². The van der Waals surface area contributed by atoms with Crippen LogP contribution in [0.25, 0.3) is 5.57 Å². The van der Waals surface area contributed by atoms with Crippen LogP contribution in [0.15, 0.2) is 48.6 Å². The Labute approximate surface area is 94.4 Å². The first-order valence-electron chi connectivity index (χ1n) is 5.13. The molecular formula is C13H14N2O. The summed E-state index contributed by atoms with van der Waals surface area (Å²) in [6.07, 6.45) is 5.64. The molecular weight excluding hydrogens is 200 g/mol. The van der Waals surface area contributed by atoms with Crippen molar-refractivity contribution in [3.63, 3.8) is 0 Å². The van der Waals surface area contributed by atoms with Gasteiger partial charge in [-0.1, -0.05) is 42.5 Å². The van der Waals surface area contributed by atoms with Crippen molar-refractivity contribution in [2.24, 2.45) is 5.73 Å². The summed E-state index contributed by atoms with van der Waals surface area (Å²) in [5, 5.41) is 17.2. The van der Waals surface area contributed by atoms with Crippen LogP contribution in [0.1, 0.15) is 12.0 Å². The second kappa shape index (κ2) is 3.94. The number of nitrogens with two attached hydrogens (primary N) is 1. The average Bonchev–Trinajstić information content (AvgIpc) is 2.31. The molecule has 1 aromatic rings. The van der Waals surface area contributed by atoms with E-state index in [0.717, 1.165) is 11.1 Å². The summed E-state index contributed by atoms with van der Waals surface area (Å²) in [7, 11) is 0. The highest BCUT2D eigenvalue weighted by Gasteiger charge is 2.28. The fraction of sp³-hybridized carbons (Fsp3) is 0.154. The Kier molecular flexibility index (Phi) is 2.62. The summed E-state index contributed by atoms with van der Waals surface area (Å²) in [5.74, 6) is -0.216. The maximum Gasteiger partial charge on any atom is 0.143 e. The third-order valence-corrected chi connectivity index (χ3v) is 2.75. The fourth-order valence-corrected chi connectivity index (χ4v) is 1.67. The second-order valence-electron chi connectivity index (χ2n) is 3.90. The molecule has 82 valence electrons. The smallest absolute Gasteiger partial charge is 0.143 e. The average molecular weight is 214 g/mol. The summed E-state index contributed by atoms with van der Waals surface area (Å²) in [5.41, 5.74) is 6.18. The molecule has 16 heavy (non-hydrogen) atoms. The number of hydrogen-bond donors (Lipinski definition) is 3. The molecule has 0 bridgehead atoms. The van der Waals surface area contributed by atoms with Crippen LogP contribution in [0, 0.1) is 5.41 Å². The van der Waals surface area contributed by atoms with Gasteiger partial charge in [0, 0.05) is 6.42 Å². The molecule has 0 aliphatic heterocycles. The van der Waals surface area contributed by atoms with Gasteiger partial charge in [-0.15, -0.1) is 0 Å². The van der Waals surface area contributed by atoms with Crippen LogP contribution in [0.2, 0.25) is 0 Å². The van der Waals surface area contributed by atoms with E-state index in [1.165, 1.54) is 0 Å². The highest BCUT2D eigenvalue weighted by atomic mass is 16.3. The minimum Gasteiger partial charge on any atom is -0.385 e. The number of hydrogen-bond acceptors (Lipinski definition) is 2. The van der Waals surface area contributed by atoms with E-state index in [2.05, 4.69) is 0 Å². The van der Waals surface area contributed by atoms with Gasteiger partial charge in [0.1, 0.15) is 11.4 Å². The SMILES string of the molecule is N=C(N)C1(O)C=CC(c2ccccc2)=CC1.